The number of carboxylic acids is 1. The Morgan fingerprint density at radius 1 is 1.38 bits per heavy atom. The van der Waals surface area contributed by atoms with E-state index in [1.807, 2.05) is 6.07 Å². The van der Waals surface area contributed by atoms with Crippen molar-refractivity contribution in [3.8, 4) is 0 Å². The van der Waals surface area contributed by atoms with Gasteiger partial charge in [0.2, 0.25) is 5.95 Å². The van der Waals surface area contributed by atoms with Crippen molar-refractivity contribution in [2.45, 2.75) is 64.0 Å². The molecule has 6 nitrogen and oxygen atoms in total. The fraction of sp³-hybridized carbons (Fsp3) is 0.722. The lowest BCUT2D eigenvalue weighted by atomic mass is 9.85. The third-order valence-electron chi connectivity index (χ3n) is 4.91. The summed E-state index contributed by atoms with van der Waals surface area (Å²) < 4.78 is 0. The van der Waals surface area contributed by atoms with Crippen LogP contribution in [0.25, 0.3) is 0 Å². The fourth-order valence-electron chi connectivity index (χ4n) is 3.18. The second kappa shape index (κ2) is 6.67. The Morgan fingerprint density at radius 2 is 2.08 bits per heavy atom. The van der Waals surface area contributed by atoms with E-state index >= 15 is 0 Å². The van der Waals surface area contributed by atoms with Gasteiger partial charge in [-0.05, 0) is 37.7 Å². The molecule has 3 rings (SSSR count). The Hall–Kier alpha value is -1.69. The Morgan fingerprint density at radius 3 is 2.67 bits per heavy atom. The zero-order chi connectivity index (χ0) is 17.3. The average molecular weight is 332 g/mol. The highest BCUT2D eigenvalue weighted by molar-refractivity contribution is 5.69. The molecular weight excluding hydrogens is 304 g/mol. The third kappa shape index (κ3) is 4.44. The molecule has 0 amide bonds. The molecule has 0 atom stereocenters. The minimum atomic E-state index is -0.728. The van der Waals surface area contributed by atoms with Crippen LogP contribution >= 0.6 is 0 Å². The van der Waals surface area contributed by atoms with Gasteiger partial charge in [0.15, 0.2) is 0 Å². The summed E-state index contributed by atoms with van der Waals surface area (Å²) in [4.78, 5) is 22.2. The first-order valence-electron chi connectivity index (χ1n) is 8.87. The number of anilines is 1. The van der Waals surface area contributed by atoms with Gasteiger partial charge in [-0.3, -0.25) is 9.69 Å². The maximum atomic E-state index is 11.1. The topological polar surface area (TPSA) is 78.4 Å². The van der Waals surface area contributed by atoms with Crippen LogP contribution in [0.3, 0.4) is 0 Å². The van der Waals surface area contributed by atoms with Crippen molar-refractivity contribution in [1.82, 2.24) is 14.9 Å². The molecule has 0 spiro atoms. The minimum Gasteiger partial charge on any atom is -0.480 e. The van der Waals surface area contributed by atoms with Crippen molar-refractivity contribution in [3.63, 3.8) is 0 Å². The predicted octanol–water partition coefficient (Wildman–Crippen LogP) is 2.51. The molecule has 2 N–H and O–H groups in total. The first-order valence-corrected chi connectivity index (χ1v) is 8.87. The van der Waals surface area contributed by atoms with Gasteiger partial charge in [0.25, 0.3) is 0 Å². The van der Waals surface area contributed by atoms with E-state index in [1.54, 1.807) is 6.20 Å². The van der Waals surface area contributed by atoms with Crippen molar-refractivity contribution in [2.75, 3.05) is 18.4 Å². The number of carboxylic acid groups (broad SMARTS) is 1. The van der Waals surface area contributed by atoms with Crippen molar-refractivity contribution in [3.05, 3.63) is 18.0 Å². The second-order valence-electron chi connectivity index (χ2n) is 8.25. The van der Waals surface area contributed by atoms with Crippen molar-refractivity contribution in [1.29, 1.82) is 0 Å². The number of hydrogen-bond donors (Lipinski definition) is 2. The molecular formula is C18H28N4O2. The van der Waals surface area contributed by atoms with Crippen molar-refractivity contribution in [2.24, 2.45) is 5.92 Å². The monoisotopic (exact) mass is 332 g/mol. The summed E-state index contributed by atoms with van der Waals surface area (Å²) in [6.07, 6.45) is 6.22. The Bertz CT molecular complexity index is 589. The van der Waals surface area contributed by atoms with Gasteiger partial charge in [-0.15, -0.1) is 0 Å². The molecule has 6 heteroatoms. The summed E-state index contributed by atoms with van der Waals surface area (Å²) >= 11 is 0. The van der Waals surface area contributed by atoms with Gasteiger partial charge < -0.3 is 10.4 Å². The van der Waals surface area contributed by atoms with Crippen LogP contribution in [0.2, 0.25) is 0 Å². The van der Waals surface area contributed by atoms with Gasteiger partial charge in [0.1, 0.15) is 0 Å². The molecule has 1 heterocycles. The summed E-state index contributed by atoms with van der Waals surface area (Å²) in [5.74, 6) is 0.661. The highest BCUT2D eigenvalue weighted by Gasteiger charge is 2.37. The fourth-order valence-corrected chi connectivity index (χ4v) is 3.18. The smallest absolute Gasteiger partial charge is 0.317 e. The van der Waals surface area contributed by atoms with Gasteiger partial charge in [0, 0.05) is 30.2 Å². The summed E-state index contributed by atoms with van der Waals surface area (Å²) in [7, 11) is 0. The Labute approximate surface area is 143 Å². The summed E-state index contributed by atoms with van der Waals surface area (Å²) in [5.41, 5.74) is 1.03. The lowest BCUT2D eigenvalue weighted by molar-refractivity contribution is -0.139. The molecule has 24 heavy (non-hydrogen) atoms. The molecule has 0 unspecified atom stereocenters. The van der Waals surface area contributed by atoms with Gasteiger partial charge >= 0.3 is 5.97 Å². The zero-order valence-electron chi connectivity index (χ0n) is 14.8. The largest absolute Gasteiger partial charge is 0.480 e. The van der Waals surface area contributed by atoms with Gasteiger partial charge in [0.05, 0.1) is 12.2 Å². The van der Waals surface area contributed by atoms with Crippen LogP contribution in [0.4, 0.5) is 5.95 Å². The molecule has 2 aliphatic carbocycles. The maximum absolute atomic E-state index is 11.1. The number of carbonyl (C=O) groups is 1. The van der Waals surface area contributed by atoms with Crippen LogP contribution < -0.4 is 5.32 Å². The number of aliphatic carboxylic acids is 1. The molecule has 2 fully saturated rings. The molecule has 1 aromatic rings. The quantitative estimate of drug-likeness (QED) is 0.799. The first kappa shape index (κ1) is 17.1. The number of aromatic nitrogens is 2. The Balaban J connectivity index is 1.53. The van der Waals surface area contributed by atoms with Crippen LogP contribution in [-0.2, 0) is 10.2 Å². The predicted molar refractivity (Wildman–Crippen MR) is 93.1 cm³/mol. The van der Waals surface area contributed by atoms with Crippen LogP contribution in [0.5, 0.6) is 0 Å². The SMILES string of the molecule is CC(C)(C)c1ccnc(NC2CC(N(CC(=O)O)CC3CC3)C2)n1. The number of nitrogens with one attached hydrogen (secondary N) is 1. The van der Waals surface area contributed by atoms with Crippen LogP contribution in [0, 0.1) is 5.92 Å². The molecule has 0 aromatic carbocycles. The molecule has 0 radical (unpaired) electrons. The van der Waals surface area contributed by atoms with E-state index in [9.17, 15) is 4.79 Å². The Kier molecular flexibility index (Phi) is 4.76. The van der Waals surface area contributed by atoms with E-state index in [-0.39, 0.29) is 12.0 Å². The van der Waals surface area contributed by atoms with Crippen LogP contribution in [0.1, 0.15) is 52.1 Å². The molecule has 1 aromatic heterocycles. The van der Waals surface area contributed by atoms with Crippen LogP contribution in [0.15, 0.2) is 12.3 Å². The first-order chi connectivity index (χ1) is 11.3. The summed E-state index contributed by atoms with van der Waals surface area (Å²) in [5, 5.41) is 12.5. The number of nitrogens with zero attached hydrogens (tertiary/aromatic N) is 3. The standard InChI is InChI=1S/C18H28N4O2/c1-18(2,3)15-6-7-19-17(21-15)20-13-8-14(9-13)22(11-16(23)24)10-12-4-5-12/h6-7,12-14H,4-5,8-11H2,1-3H3,(H,23,24)(H,19,20,21). The molecule has 0 aliphatic heterocycles. The number of rotatable bonds is 7. The molecule has 2 saturated carbocycles. The lowest BCUT2D eigenvalue weighted by Crippen LogP contribution is -2.52. The molecule has 0 saturated heterocycles. The third-order valence-corrected chi connectivity index (χ3v) is 4.91. The highest BCUT2D eigenvalue weighted by atomic mass is 16.4. The van der Waals surface area contributed by atoms with Gasteiger partial charge in [-0.2, -0.15) is 0 Å². The second-order valence-corrected chi connectivity index (χ2v) is 8.25. The summed E-state index contributed by atoms with van der Waals surface area (Å²) in [6, 6.07) is 2.66. The lowest BCUT2D eigenvalue weighted by Gasteiger charge is -2.42. The molecule has 0 bridgehead atoms. The van der Waals surface area contributed by atoms with E-state index in [1.165, 1.54) is 12.8 Å². The van der Waals surface area contributed by atoms with E-state index in [0.29, 0.717) is 23.9 Å². The van der Waals surface area contributed by atoms with E-state index < -0.39 is 5.97 Å². The van der Waals surface area contributed by atoms with Crippen molar-refractivity contribution < 1.29 is 9.90 Å². The van der Waals surface area contributed by atoms with E-state index in [0.717, 1.165) is 25.1 Å². The normalized spacial score (nSPS) is 23.8. The van der Waals surface area contributed by atoms with E-state index in [4.69, 9.17) is 5.11 Å². The molecule has 132 valence electrons. The average Bonchev–Trinajstić information content (AvgIpc) is 3.24. The van der Waals surface area contributed by atoms with Gasteiger partial charge in [-0.25, -0.2) is 9.97 Å². The summed E-state index contributed by atoms with van der Waals surface area (Å²) in [6.45, 7) is 7.50. The van der Waals surface area contributed by atoms with Crippen LogP contribution in [-0.4, -0.2) is 51.1 Å². The number of hydrogen-bond acceptors (Lipinski definition) is 5. The highest BCUT2D eigenvalue weighted by Crippen LogP contribution is 2.34. The minimum absolute atomic E-state index is 0.00404. The zero-order valence-corrected chi connectivity index (χ0v) is 14.8. The molecule has 2 aliphatic rings. The maximum Gasteiger partial charge on any atom is 0.317 e. The van der Waals surface area contributed by atoms with Gasteiger partial charge in [-0.1, -0.05) is 20.8 Å². The van der Waals surface area contributed by atoms with E-state index in [2.05, 4.69) is 41.0 Å². The van der Waals surface area contributed by atoms with Crippen molar-refractivity contribution >= 4 is 11.9 Å².